The molecule has 2 N–H and O–H groups in total. The van der Waals surface area contributed by atoms with Crippen LogP contribution in [0, 0.1) is 5.92 Å². The Morgan fingerprint density at radius 2 is 2.38 bits per heavy atom. The van der Waals surface area contributed by atoms with E-state index in [1.54, 1.807) is 0 Å². The maximum atomic E-state index is 11.4. The average Bonchev–Trinajstić information content (AvgIpc) is 2.75. The molecule has 3 heteroatoms. The molecule has 13 heavy (non-hydrogen) atoms. The van der Waals surface area contributed by atoms with Crippen molar-refractivity contribution in [1.29, 1.82) is 0 Å². The van der Waals surface area contributed by atoms with E-state index in [0.29, 0.717) is 0 Å². The van der Waals surface area contributed by atoms with Gasteiger partial charge in [0.05, 0.1) is 0 Å². The average molecular weight is 181 g/mol. The van der Waals surface area contributed by atoms with Crippen LogP contribution in [0.25, 0.3) is 0 Å². The van der Waals surface area contributed by atoms with Crippen LogP contribution in [0.3, 0.4) is 0 Å². The summed E-state index contributed by atoms with van der Waals surface area (Å²) in [5.41, 5.74) is 0.983. The van der Waals surface area contributed by atoms with Crippen molar-refractivity contribution in [1.82, 2.24) is 5.32 Å². The van der Waals surface area contributed by atoms with E-state index in [1.807, 2.05) is 13.0 Å². The lowest BCUT2D eigenvalue weighted by Gasteiger charge is -2.01. The molecule has 72 valence electrons. The lowest BCUT2D eigenvalue weighted by Crippen LogP contribution is -2.26. The Balaban J connectivity index is 2.08. The van der Waals surface area contributed by atoms with Crippen molar-refractivity contribution in [2.24, 2.45) is 5.92 Å². The molecule has 1 spiro atoms. The van der Waals surface area contributed by atoms with Gasteiger partial charge in [0.2, 0.25) is 5.91 Å². The molecule has 0 aromatic rings. The first-order valence-electron chi connectivity index (χ1n) is 4.79. The second kappa shape index (κ2) is 2.84. The predicted octanol–water partition coefficient (Wildman–Crippen LogP) is 0.594. The lowest BCUT2D eigenvalue weighted by atomic mass is 10.0. The molecule has 2 fully saturated rings. The number of aliphatic hydroxyl groups excluding tert-OH is 1. The number of nitrogens with one attached hydrogen (secondary N) is 1. The van der Waals surface area contributed by atoms with E-state index in [-0.39, 0.29) is 24.0 Å². The molecule has 2 rings (SSSR count). The van der Waals surface area contributed by atoms with Gasteiger partial charge in [0.1, 0.15) is 0 Å². The van der Waals surface area contributed by atoms with Gasteiger partial charge in [-0.1, -0.05) is 13.0 Å². The number of amides is 1. The standard InChI is InChI=1S/C10H15NO2/c1-7(6-12)4-8-5-10(2-3-10)11-9(8)13/h4,7,12H,2-3,5-6H2,1H3,(H,11,13)/b8-4+/t7-/m0/s1. The summed E-state index contributed by atoms with van der Waals surface area (Å²) in [5, 5.41) is 11.8. The largest absolute Gasteiger partial charge is 0.396 e. The highest BCUT2D eigenvalue weighted by molar-refractivity contribution is 5.97. The molecule has 0 aromatic heterocycles. The van der Waals surface area contributed by atoms with Gasteiger partial charge in [0, 0.05) is 24.1 Å². The maximum Gasteiger partial charge on any atom is 0.247 e. The van der Waals surface area contributed by atoms with Crippen LogP contribution in [0.5, 0.6) is 0 Å². The van der Waals surface area contributed by atoms with Gasteiger partial charge in [0.25, 0.3) is 0 Å². The molecular formula is C10H15NO2. The summed E-state index contributed by atoms with van der Waals surface area (Å²) < 4.78 is 0. The summed E-state index contributed by atoms with van der Waals surface area (Å²) in [6.07, 6.45) is 4.98. The topological polar surface area (TPSA) is 49.3 Å². The Morgan fingerprint density at radius 1 is 1.69 bits per heavy atom. The zero-order valence-corrected chi connectivity index (χ0v) is 7.84. The van der Waals surface area contributed by atoms with E-state index in [1.165, 1.54) is 0 Å². The smallest absolute Gasteiger partial charge is 0.247 e. The van der Waals surface area contributed by atoms with E-state index in [0.717, 1.165) is 24.8 Å². The SMILES string of the molecule is C[C@@H](/C=C1\CC2(CC2)NC1=O)CO. The molecule has 1 saturated carbocycles. The molecule has 1 aliphatic carbocycles. The quantitative estimate of drug-likeness (QED) is 0.613. The van der Waals surface area contributed by atoms with Crippen LogP contribution in [-0.2, 0) is 4.79 Å². The van der Waals surface area contributed by atoms with Gasteiger partial charge in [-0.15, -0.1) is 0 Å². The summed E-state index contributed by atoms with van der Waals surface area (Å²) in [5.74, 6) is 0.160. The van der Waals surface area contributed by atoms with E-state index in [2.05, 4.69) is 5.32 Å². The summed E-state index contributed by atoms with van der Waals surface area (Å²) in [7, 11) is 0. The molecule has 0 aromatic carbocycles. The van der Waals surface area contributed by atoms with Crippen LogP contribution in [0.1, 0.15) is 26.2 Å². The first-order valence-corrected chi connectivity index (χ1v) is 4.79. The van der Waals surface area contributed by atoms with Gasteiger partial charge in [-0.05, 0) is 18.8 Å². The zero-order valence-electron chi connectivity index (χ0n) is 7.84. The Hall–Kier alpha value is -0.830. The fourth-order valence-corrected chi connectivity index (χ4v) is 1.79. The van der Waals surface area contributed by atoms with Gasteiger partial charge >= 0.3 is 0 Å². The van der Waals surface area contributed by atoms with Crippen molar-refractivity contribution in [3.05, 3.63) is 11.6 Å². The molecule has 1 heterocycles. The van der Waals surface area contributed by atoms with Crippen LogP contribution in [0.4, 0.5) is 0 Å². The summed E-state index contributed by atoms with van der Waals surface area (Å²) in [6.45, 7) is 2.03. The third-order valence-electron chi connectivity index (χ3n) is 2.83. The van der Waals surface area contributed by atoms with Gasteiger partial charge in [-0.2, -0.15) is 0 Å². The molecule has 0 unspecified atom stereocenters. The van der Waals surface area contributed by atoms with Gasteiger partial charge in [0.15, 0.2) is 0 Å². The van der Waals surface area contributed by atoms with Crippen molar-refractivity contribution >= 4 is 5.91 Å². The molecule has 0 radical (unpaired) electrons. The lowest BCUT2D eigenvalue weighted by molar-refractivity contribution is -0.116. The number of aliphatic hydroxyl groups is 1. The van der Waals surface area contributed by atoms with Crippen LogP contribution in [0.15, 0.2) is 11.6 Å². The summed E-state index contributed by atoms with van der Waals surface area (Å²) in [6, 6.07) is 0. The fraction of sp³-hybridized carbons (Fsp3) is 0.700. The molecule has 1 amide bonds. The molecule has 3 nitrogen and oxygen atoms in total. The summed E-state index contributed by atoms with van der Waals surface area (Å²) >= 11 is 0. The molecule has 1 saturated heterocycles. The molecule has 1 aliphatic heterocycles. The minimum absolute atomic E-state index is 0.0674. The maximum absolute atomic E-state index is 11.4. The van der Waals surface area contributed by atoms with Gasteiger partial charge in [-0.25, -0.2) is 0 Å². The van der Waals surface area contributed by atoms with Crippen molar-refractivity contribution < 1.29 is 9.90 Å². The second-order valence-corrected chi connectivity index (χ2v) is 4.26. The number of hydrogen-bond donors (Lipinski definition) is 2. The Kier molecular flexibility index (Phi) is 1.91. The predicted molar refractivity (Wildman–Crippen MR) is 49.1 cm³/mol. The van der Waals surface area contributed by atoms with Crippen molar-refractivity contribution in [2.75, 3.05) is 6.61 Å². The Morgan fingerprint density at radius 3 is 2.85 bits per heavy atom. The molecule has 1 atom stereocenters. The zero-order chi connectivity index (χ0) is 9.47. The third-order valence-corrected chi connectivity index (χ3v) is 2.83. The minimum atomic E-state index is 0.0674. The van der Waals surface area contributed by atoms with E-state index in [4.69, 9.17) is 5.11 Å². The number of hydrogen-bond acceptors (Lipinski definition) is 2. The Labute approximate surface area is 77.8 Å². The van der Waals surface area contributed by atoms with Crippen LogP contribution in [0.2, 0.25) is 0 Å². The second-order valence-electron chi connectivity index (χ2n) is 4.26. The summed E-state index contributed by atoms with van der Waals surface area (Å²) in [4.78, 5) is 11.4. The first kappa shape index (κ1) is 8.75. The van der Waals surface area contributed by atoms with Crippen LogP contribution in [-0.4, -0.2) is 23.2 Å². The minimum Gasteiger partial charge on any atom is -0.396 e. The third kappa shape index (κ3) is 1.61. The first-order chi connectivity index (χ1) is 6.15. The highest BCUT2D eigenvalue weighted by Gasteiger charge is 2.49. The normalized spacial score (nSPS) is 29.4. The number of rotatable bonds is 2. The number of carbonyl (C=O) groups excluding carboxylic acids is 1. The monoisotopic (exact) mass is 181 g/mol. The van der Waals surface area contributed by atoms with E-state index in [9.17, 15) is 4.79 Å². The van der Waals surface area contributed by atoms with E-state index >= 15 is 0 Å². The fourth-order valence-electron chi connectivity index (χ4n) is 1.79. The highest BCUT2D eigenvalue weighted by atomic mass is 16.3. The van der Waals surface area contributed by atoms with Gasteiger partial charge < -0.3 is 10.4 Å². The van der Waals surface area contributed by atoms with Gasteiger partial charge in [-0.3, -0.25) is 4.79 Å². The molecule has 2 aliphatic rings. The van der Waals surface area contributed by atoms with Crippen LogP contribution >= 0.6 is 0 Å². The number of carbonyl (C=O) groups is 1. The molecule has 0 bridgehead atoms. The van der Waals surface area contributed by atoms with Crippen molar-refractivity contribution in [2.45, 2.75) is 31.7 Å². The van der Waals surface area contributed by atoms with Crippen molar-refractivity contribution in [3.63, 3.8) is 0 Å². The highest BCUT2D eigenvalue weighted by Crippen LogP contribution is 2.45. The Bertz CT molecular complexity index is 266. The van der Waals surface area contributed by atoms with E-state index < -0.39 is 0 Å². The van der Waals surface area contributed by atoms with Crippen LogP contribution < -0.4 is 5.32 Å². The van der Waals surface area contributed by atoms with Crippen molar-refractivity contribution in [3.8, 4) is 0 Å². The molecular weight excluding hydrogens is 166 g/mol.